The van der Waals surface area contributed by atoms with Gasteiger partial charge in [-0.05, 0) is 70.6 Å². The van der Waals surface area contributed by atoms with Gasteiger partial charge in [-0.15, -0.1) is 0 Å². The van der Waals surface area contributed by atoms with E-state index >= 15 is 0 Å². The summed E-state index contributed by atoms with van der Waals surface area (Å²) >= 11 is 0. The maximum Gasteiger partial charge on any atom is 0.410 e. The number of hydrogen-bond donors (Lipinski definition) is 3. The third-order valence-electron chi connectivity index (χ3n) is 10.4. The minimum Gasteiger partial charge on any atom is -0.444 e. The molecule has 2 aliphatic carbocycles. The van der Waals surface area contributed by atoms with Crippen LogP contribution in [0.5, 0.6) is 0 Å². The highest BCUT2D eigenvalue weighted by molar-refractivity contribution is 7.91. The number of ether oxygens (including phenoxy) is 2. The zero-order chi connectivity index (χ0) is 39.9. The lowest BCUT2D eigenvalue weighted by Crippen LogP contribution is -2.58. The number of nitrogens with zero attached hydrogens (tertiary/aromatic N) is 3. The van der Waals surface area contributed by atoms with Gasteiger partial charge in [0.2, 0.25) is 27.7 Å². The second-order valence-corrected chi connectivity index (χ2v) is 17.6. The quantitative estimate of drug-likeness (QED) is 0.283. The van der Waals surface area contributed by atoms with Crippen LogP contribution in [0.2, 0.25) is 0 Å². The first kappa shape index (κ1) is 39.7. The molecular formula is C37H47FN6O10S. The number of carbonyl (C=O) groups is 6. The number of alkyl carbamates (subject to hydrolysis) is 1. The van der Waals surface area contributed by atoms with Crippen molar-refractivity contribution in [3.63, 3.8) is 0 Å². The lowest BCUT2D eigenvalue weighted by Gasteiger charge is -2.30. The number of nitrogens with one attached hydrogen (secondary N) is 3. The molecule has 0 radical (unpaired) electrons. The van der Waals surface area contributed by atoms with E-state index in [1.807, 2.05) is 0 Å². The van der Waals surface area contributed by atoms with Gasteiger partial charge < -0.3 is 29.9 Å². The Morgan fingerprint density at radius 1 is 1.09 bits per heavy atom. The van der Waals surface area contributed by atoms with Gasteiger partial charge in [-0.1, -0.05) is 30.9 Å². The Kier molecular flexibility index (Phi) is 11.0. The molecule has 6 rings (SSSR count). The second-order valence-electron chi connectivity index (χ2n) is 15.7. The van der Waals surface area contributed by atoms with Crippen LogP contribution in [0.25, 0.3) is 0 Å². The van der Waals surface area contributed by atoms with Crippen molar-refractivity contribution < 1.29 is 51.0 Å². The van der Waals surface area contributed by atoms with E-state index in [9.17, 15) is 41.6 Å². The monoisotopic (exact) mass is 786 g/mol. The van der Waals surface area contributed by atoms with E-state index in [0.717, 1.165) is 6.08 Å². The number of carbonyl (C=O) groups excluding carboxylic acids is 6. The summed E-state index contributed by atoms with van der Waals surface area (Å²) in [4.78, 5) is 85.6. The van der Waals surface area contributed by atoms with Crippen LogP contribution in [-0.2, 0) is 51.8 Å². The molecule has 3 N–H and O–H groups in total. The molecule has 16 nitrogen and oxygen atoms in total. The highest BCUT2D eigenvalue weighted by Crippen LogP contribution is 2.46. The number of hydrogen-bond acceptors (Lipinski definition) is 10. The number of rotatable bonds is 6. The molecule has 0 bridgehead atoms. The maximum absolute atomic E-state index is 14.5. The summed E-state index contributed by atoms with van der Waals surface area (Å²) in [5, 5.41) is 4.61. The smallest absolute Gasteiger partial charge is 0.410 e. The molecule has 1 unspecified atom stereocenters. The number of benzene rings is 1. The zero-order valence-corrected chi connectivity index (χ0v) is 31.9. The van der Waals surface area contributed by atoms with Crippen LogP contribution in [0.4, 0.5) is 14.0 Å². The first-order valence-electron chi connectivity index (χ1n) is 18.4. The fourth-order valence-corrected chi connectivity index (χ4v) is 8.60. The SMILES string of the molecule is C=CC(=O)N1C/C=C\[C@H]2C[C@@]2(C(=O)NS(=O)(=O)C2CC2)NC(=O)C2C[C@@H](OC(=O)N3Cc4cccc(F)c4C3)CN2C(=O)[C@@H](NC(=O)OC(C)(C)C)CCC1. The van der Waals surface area contributed by atoms with Crippen molar-refractivity contribution in [1.29, 1.82) is 0 Å². The van der Waals surface area contributed by atoms with E-state index in [1.54, 1.807) is 45.1 Å². The van der Waals surface area contributed by atoms with E-state index < -0.39 is 92.2 Å². The van der Waals surface area contributed by atoms with Gasteiger partial charge in [-0.3, -0.25) is 28.8 Å². The highest BCUT2D eigenvalue weighted by atomic mass is 32.2. The van der Waals surface area contributed by atoms with Crippen molar-refractivity contribution >= 4 is 45.8 Å². The molecule has 298 valence electrons. The Hall–Kier alpha value is -5.00. The molecule has 5 aliphatic rings. The van der Waals surface area contributed by atoms with Crippen LogP contribution in [0.15, 0.2) is 43.0 Å². The van der Waals surface area contributed by atoms with Crippen LogP contribution < -0.4 is 15.4 Å². The van der Waals surface area contributed by atoms with E-state index in [-0.39, 0.29) is 58.4 Å². The van der Waals surface area contributed by atoms with E-state index in [2.05, 4.69) is 21.9 Å². The summed E-state index contributed by atoms with van der Waals surface area (Å²) in [6, 6.07) is 1.96. The standard InChI is InChI=1S/C37H47FN6O10S/c1-5-30(45)42-15-7-10-23-18-37(23,33(48)41-55(51,52)25-13-14-25)40-31(46)29-17-24(53-35(50)43-19-22-9-6-11-27(38)26(22)21-43)20-44(29)32(47)28(12-8-16-42)39-34(49)54-36(2,3)4/h5-7,9-11,23-25,28-29H,1,8,12-21H2,2-4H3,(H,39,49)(H,40,46)(H,41,48)/b10-7-/t23-,24+,28-,29?,37+/m0/s1. The van der Waals surface area contributed by atoms with Crippen molar-refractivity contribution in [3.05, 3.63) is 60.0 Å². The topological polar surface area (TPSA) is 201 Å². The second kappa shape index (κ2) is 15.3. The summed E-state index contributed by atoms with van der Waals surface area (Å²) in [5.41, 5.74) is -1.64. The fourth-order valence-electron chi connectivity index (χ4n) is 7.24. The van der Waals surface area contributed by atoms with Crippen LogP contribution in [0, 0.1) is 11.7 Å². The van der Waals surface area contributed by atoms with Gasteiger partial charge in [0.15, 0.2) is 0 Å². The van der Waals surface area contributed by atoms with Crippen LogP contribution in [-0.4, -0.2) is 113 Å². The lowest BCUT2D eigenvalue weighted by molar-refractivity contribution is -0.141. The number of halogens is 1. The first-order chi connectivity index (χ1) is 25.9. The summed E-state index contributed by atoms with van der Waals surface area (Å²) < 4.78 is 53.5. The minimum atomic E-state index is -4.01. The van der Waals surface area contributed by atoms with Gasteiger partial charge >= 0.3 is 12.2 Å². The van der Waals surface area contributed by atoms with Gasteiger partial charge in [0, 0.05) is 37.5 Å². The van der Waals surface area contributed by atoms with Gasteiger partial charge in [0.1, 0.15) is 35.1 Å². The highest BCUT2D eigenvalue weighted by Gasteiger charge is 2.62. The largest absolute Gasteiger partial charge is 0.444 e. The predicted molar refractivity (Wildman–Crippen MR) is 193 cm³/mol. The number of sulfonamides is 1. The third-order valence-corrected chi connectivity index (χ3v) is 12.2. The Morgan fingerprint density at radius 3 is 2.51 bits per heavy atom. The first-order valence-corrected chi connectivity index (χ1v) is 19.9. The third kappa shape index (κ3) is 8.95. The van der Waals surface area contributed by atoms with Crippen molar-refractivity contribution in [2.75, 3.05) is 19.6 Å². The Balaban J connectivity index is 1.29. The summed E-state index contributed by atoms with van der Waals surface area (Å²) in [7, 11) is -4.01. The molecule has 5 atom stereocenters. The normalized spacial score (nSPS) is 27.6. The van der Waals surface area contributed by atoms with E-state index in [0.29, 0.717) is 24.0 Å². The maximum atomic E-state index is 14.5. The van der Waals surface area contributed by atoms with E-state index in [1.165, 1.54) is 20.8 Å². The van der Waals surface area contributed by atoms with E-state index in [4.69, 9.17) is 9.47 Å². The molecule has 18 heteroatoms. The molecule has 6 amide bonds. The van der Waals surface area contributed by atoms with Crippen LogP contribution in [0.1, 0.15) is 70.4 Å². The zero-order valence-electron chi connectivity index (χ0n) is 31.0. The Bertz CT molecular complexity index is 1910. The van der Waals surface area contributed by atoms with Crippen molar-refractivity contribution in [2.45, 2.75) is 107 Å². The summed E-state index contributed by atoms with van der Waals surface area (Å²) in [6.45, 7) is 8.52. The van der Waals surface area contributed by atoms with Crippen molar-refractivity contribution in [1.82, 2.24) is 30.1 Å². The minimum absolute atomic E-state index is 0.0175. The van der Waals surface area contributed by atoms with Gasteiger partial charge in [-0.25, -0.2) is 22.4 Å². The van der Waals surface area contributed by atoms with Crippen LogP contribution >= 0.6 is 0 Å². The molecule has 55 heavy (non-hydrogen) atoms. The molecule has 3 aliphatic heterocycles. The lowest BCUT2D eigenvalue weighted by atomic mass is 10.1. The Morgan fingerprint density at radius 2 is 1.84 bits per heavy atom. The molecule has 1 aromatic rings. The predicted octanol–water partition coefficient (Wildman–Crippen LogP) is 1.99. The van der Waals surface area contributed by atoms with Gasteiger partial charge in [-0.2, -0.15) is 0 Å². The molecular weight excluding hydrogens is 740 g/mol. The number of amides is 6. The molecule has 2 saturated carbocycles. The summed E-state index contributed by atoms with van der Waals surface area (Å²) in [5.74, 6) is -3.97. The molecule has 1 aromatic carbocycles. The molecule has 3 heterocycles. The van der Waals surface area contributed by atoms with Crippen LogP contribution in [0.3, 0.4) is 0 Å². The average molecular weight is 787 g/mol. The molecule has 0 spiro atoms. The molecule has 3 fully saturated rings. The molecule has 1 saturated heterocycles. The van der Waals surface area contributed by atoms with Crippen molar-refractivity contribution in [3.8, 4) is 0 Å². The van der Waals surface area contributed by atoms with Crippen molar-refractivity contribution in [2.24, 2.45) is 5.92 Å². The fraction of sp³-hybridized carbons (Fsp3) is 0.568. The summed E-state index contributed by atoms with van der Waals surface area (Å²) in [6.07, 6.45) is 2.57. The van der Waals surface area contributed by atoms with Gasteiger partial charge in [0.05, 0.1) is 18.3 Å². The molecule has 0 aromatic heterocycles. The average Bonchev–Trinajstić information content (AvgIpc) is 3.99. The van der Waals surface area contributed by atoms with Gasteiger partial charge in [0.25, 0.3) is 5.91 Å². The number of fused-ring (bicyclic) bond motifs is 3. The Labute approximate surface area is 318 Å².